The van der Waals surface area contributed by atoms with E-state index in [9.17, 15) is 10.1 Å². The van der Waals surface area contributed by atoms with Gasteiger partial charge in [-0.05, 0) is 36.3 Å². The molecule has 0 saturated heterocycles. The number of rotatable bonds is 10. The van der Waals surface area contributed by atoms with Crippen LogP contribution in [-0.2, 0) is 16.1 Å². The second-order valence-corrected chi connectivity index (χ2v) is 6.47. The van der Waals surface area contributed by atoms with Crippen molar-refractivity contribution in [3.8, 4) is 17.6 Å². The van der Waals surface area contributed by atoms with Gasteiger partial charge in [0.05, 0.1) is 7.11 Å². The number of halogens is 1. The maximum Gasteiger partial charge on any atom is 0.261 e. The van der Waals surface area contributed by atoms with Gasteiger partial charge in [0.25, 0.3) is 5.91 Å². The lowest BCUT2D eigenvalue weighted by molar-refractivity contribution is -0.117. The lowest BCUT2D eigenvalue weighted by Crippen LogP contribution is -2.26. The molecule has 0 aliphatic carbocycles. The molecule has 1 N–H and O–H groups in total. The molecule has 0 unspecified atom stereocenters. The minimum atomic E-state index is -0.429. The number of hydrogen-bond acceptors (Lipinski definition) is 5. The Morgan fingerprint density at radius 1 is 1.21 bits per heavy atom. The predicted molar refractivity (Wildman–Crippen MR) is 112 cm³/mol. The van der Waals surface area contributed by atoms with Gasteiger partial charge in [-0.2, -0.15) is 5.26 Å². The Morgan fingerprint density at radius 2 is 2.00 bits per heavy atom. The van der Waals surface area contributed by atoms with Crippen LogP contribution in [0, 0.1) is 11.3 Å². The number of methoxy groups -OCH3 is 2. The minimum Gasteiger partial charge on any atom is -0.493 e. The molecule has 1 amide bonds. The second-order valence-electron chi connectivity index (χ2n) is 6.06. The van der Waals surface area contributed by atoms with E-state index in [2.05, 4.69) is 5.32 Å². The molecule has 2 rings (SSSR count). The van der Waals surface area contributed by atoms with E-state index in [-0.39, 0.29) is 5.57 Å². The van der Waals surface area contributed by atoms with E-state index in [0.29, 0.717) is 48.3 Å². The third kappa shape index (κ3) is 6.83. The van der Waals surface area contributed by atoms with Crippen molar-refractivity contribution >= 4 is 23.6 Å². The molecule has 0 bridgehead atoms. The maximum atomic E-state index is 12.1. The second kappa shape index (κ2) is 11.7. The standard InChI is InChI=1S/C22H23ClN2O4/c1-27-11-5-10-25-22(26)18(14-24)12-16-8-9-20(21(13-16)28-2)29-15-17-6-3-4-7-19(17)23/h3-4,6-9,12-13H,5,10-11,15H2,1-2H3,(H,25,26)/b18-12+. The number of hydrogen-bond donors (Lipinski definition) is 1. The van der Waals surface area contributed by atoms with Gasteiger partial charge in [-0.15, -0.1) is 0 Å². The van der Waals surface area contributed by atoms with E-state index in [1.165, 1.54) is 13.2 Å². The average molecular weight is 415 g/mol. The molecule has 2 aromatic carbocycles. The van der Waals surface area contributed by atoms with Crippen molar-refractivity contribution in [1.29, 1.82) is 5.26 Å². The van der Waals surface area contributed by atoms with Crippen LogP contribution in [0.2, 0.25) is 5.02 Å². The summed E-state index contributed by atoms with van der Waals surface area (Å²) in [4.78, 5) is 12.1. The van der Waals surface area contributed by atoms with Crippen LogP contribution in [0.5, 0.6) is 11.5 Å². The number of carbonyl (C=O) groups excluding carboxylic acids is 1. The van der Waals surface area contributed by atoms with Crippen LogP contribution < -0.4 is 14.8 Å². The molecule has 2 aromatic rings. The van der Waals surface area contributed by atoms with Crippen molar-refractivity contribution in [1.82, 2.24) is 5.32 Å². The number of nitrogens with one attached hydrogen (secondary N) is 1. The Kier molecular flexibility index (Phi) is 9.03. The highest BCUT2D eigenvalue weighted by Crippen LogP contribution is 2.30. The van der Waals surface area contributed by atoms with Crippen molar-refractivity contribution in [2.75, 3.05) is 27.4 Å². The highest BCUT2D eigenvalue weighted by molar-refractivity contribution is 6.31. The van der Waals surface area contributed by atoms with Crippen molar-refractivity contribution in [3.05, 3.63) is 64.2 Å². The Labute approximate surface area is 175 Å². The number of benzene rings is 2. The van der Waals surface area contributed by atoms with E-state index >= 15 is 0 Å². The van der Waals surface area contributed by atoms with Crippen LogP contribution in [0.15, 0.2) is 48.0 Å². The van der Waals surface area contributed by atoms with Crippen LogP contribution in [0.3, 0.4) is 0 Å². The maximum absolute atomic E-state index is 12.1. The first-order chi connectivity index (χ1) is 14.1. The number of carbonyl (C=O) groups is 1. The van der Waals surface area contributed by atoms with Crippen molar-refractivity contribution in [2.45, 2.75) is 13.0 Å². The molecule has 0 saturated carbocycles. The Bertz CT molecular complexity index is 906. The van der Waals surface area contributed by atoms with Crippen LogP contribution in [0.1, 0.15) is 17.5 Å². The fraction of sp³-hybridized carbons (Fsp3) is 0.273. The van der Waals surface area contributed by atoms with Gasteiger partial charge >= 0.3 is 0 Å². The van der Waals surface area contributed by atoms with Gasteiger partial charge in [0.15, 0.2) is 11.5 Å². The molecule has 0 atom stereocenters. The SMILES string of the molecule is COCCCNC(=O)/C(C#N)=C/c1ccc(OCc2ccccc2Cl)c(OC)c1. The molecule has 0 heterocycles. The molecule has 152 valence electrons. The van der Waals surface area contributed by atoms with E-state index in [4.69, 9.17) is 25.8 Å². The molecule has 6 nitrogen and oxygen atoms in total. The Morgan fingerprint density at radius 3 is 2.69 bits per heavy atom. The van der Waals surface area contributed by atoms with Gasteiger partial charge in [-0.1, -0.05) is 35.9 Å². The molecular weight excluding hydrogens is 392 g/mol. The first kappa shape index (κ1) is 22.3. The third-order valence-electron chi connectivity index (χ3n) is 4.02. The van der Waals surface area contributed by atoms with Crippen LogP contribution in [0.25, 0.3) is 6.08 Å². The topological polar surface area (TPSA) is 80.6 Å². The van der Waals surface area contributed by atoms with Crippen LogP contribution >= 0.6 is 11.6 Å². The molecule has 0 spiro atoms. The van der Waals surface area contributed by atoms with Gasteiger partial charge in [0, 0.05) is 30.8 Å². The third-order valence-corrected chi connectivity index (χ3v) is 4.38. The van der Waals surface area contributed by atoms with Crippen molar-refractivity contribution in [2.24, 2.45) is 0 Å². The first-order valence-electron chi connectivity index (χ1n) is 9.02. The lowest BCUT2D eigenvalue weighted by Gasteiger charge is -2.12. The monoisotopic (exact) mass is 414 g/mol. The number of ether oxygens (including phenoxy) is 3. The number of amides is 1. The molecule has 0 aliphatic heterocycles. The fourth-order valence-electron chi connectivity index (χ4n) is 2.49. The molecule has 29 heavy (non-hydrogen) atoms. The average Bonchev–Trinajstić information content (AvgIpc) is 2.74. The summed E-state index contributed by atoms with van der Waals surface area (Å²) in [6, 6.07) is 14.5. The summed E-state index contributed by atoms with van der Waals surface area (Å²) in [5.74, 6) is 0.595. The van der Waals surface area contributed by atoms with Crippen molar-refractivity contribution in [3.63, 3.8) is 0 Å². The molecule has 0 radical (unpaired) electrons. The van der Waals surface area contributed by atoms with Crippen LogP contribution in [0.4, 0.5) is 0 Å². The lowest BCUT2D eigenvalue weighted by atomic mass is 10.1. The first-order valence-corrected chi connectivity index (χ1v) is 9.40. The molecule has 0 fully saturated rings. The number of nitriles is 1. The zero-order chi connectivity index (χ0) is 21.1. The smallest absolute Gasteiger partial charge is 0.261 e. The Balaban J connectivity index is 2.10. The van der Waals surface area contributed by atoms with Gasteiger partial charge in [-0.3, -0.25) is 4.79 Å². The molecule has 7 heteroatoms. The van der Waals surface area contributed by atoms with Gasteiger partial charge in [0.1, 0.15) is 18.2 Å². The van der Waals surface area contributed by atoms with Gasteiger partial charge in [0.2, 0.25) is 0 Å². The summed E-state index contributed by atoms with van der Waals surface area (Å²) in [5.41, 5.74) is 1.52. The van der Waals surface area contributed by atoms with Gasteiger partial charge in [-0.25, -0.2) is 0 Å². The quantitative estimate of drug-likeness (QED) is 0.361. The Hall–Kier alpha value is -3.01. The molecule has 0 aliphatic rings. The van der Waals surface area contributed by atoms with E-state index < -0.39 is 5.91 Å². The highest BCUT2D eigenvalue weighted by Gasteiger charge is 2.11. The summed E-state index contributed by atoms with van der Waals surface area (Å²) >= 11 is 6.15. The highest BCUT2D eigenvalue weighted by atomic mass is 35.5. The van der Waals surface area contributed by atoms with E-state index in [1.54, 1.807) is 31.4 Å². The van der Waals surface area contributed by atoms with Crippen molar-refractivity contribution < 1.29 is 19.0 Å². The summed E-state index contributed by atoms with van der Waals surface area (Å²) in [6.45, 7) is 1.26. The summed E-state index contributed by atoms with van der Waals surface area (Å²) in [7, 11) is 3.12. The molecule has 0 aromatic heterocycles. The minimum absolute atomic E-state index is 0.00852. The van der Waals surface area contributed by atoms with Crippen LogP contribution in [-0.4, -0.2) is 33.3 Å². The fourth-order valence-corrected chi connectivity index (χ4v) is 2.68. The predicted octanol–water partition coefficient (Wildman–Crippen LogP) is 3.99. The summed E-state index contributed by atoms with van der Waals surface area (Å²) < 4.78 is 16.1. The molecular formula is C22H23ClN2O4. The summed E-state index contributed by atoms with van der Waals surface area (Å²) in [5, 5.41) is 12.6. The zero-order valence-corrected chi connectivity index (χ0v) is 17.2. The van der Waals surface area contributed by atoms with E-state index in [0.717, 1.165) is 5.56 Å². The normalized spacial score (nSPS) is 10.9. The number of nitrogens with zero attached hydrogens (tertiary/aromatic N) is 1. The van der Waals surface area contributed by atoms with Gasteiger partial charge < -0.3 is 19.5 Å². The van der Waals surface area contributed by atoms with E-state index in [1.807, 2.05) is 24.3 Å². The zero-order valence-electron chi connectivity index (χ0n) is 16.4. The summed E-state index contributed by atoms with van der Waals surface area (Å²) in [6.07, 6.45) is 2.18. The largest absolute Gasteiger partial charge is 0.493 e.